The second kappa shape index (κ2) is 5.65. The molecular formula is C16H20N2O2. The largest absolute Gasteiger partial charge is 0.351 e. The number of nitrogens with zero attached hydrogens (tertiary/aromatic N) is 1. The Labute approximate surface area is 119 Å². The first-order valence-electron chi connectivity index (χ1n) is 7.36. The average molecular weight is 272 g/mol. The van der Waals surface area contributed by atoms with Gasteiger partial charge in [-0.2, -0.15) is 0 Å². The molecule has 4 heteroatoms. The Balaban J connectivity index is 1.79. The Hall–Kier alpha value is -1.84. The van der Waals surface area contributed by atoms with Crippen molar-refractivity contribution in [2.75, 3.05) is 6.54 Å². The molecular weight excluding hydrogens is 252 g/mol. The predicted octanol–water partition coefficient (Wildman–Crippen LogP) is 1.70. The molecule has 1 heterocycles. The third-order valence-corrected chi connectivity index (χ3v) is 4.29. The van der Waals surface area contributed by atoms with E-state index < -0.39 is 0 Å². The van der Waals surface area contributed by atoms with Crippen molar-refractivity contribution in [3.05, 3.63) is 35.9 Å². The zero-order valence-corrected chi connectivity index (χ0v) is 11.5. The molecule has 3 rings (SSSR count). The number of carbonyl (C=O) groups is 2. The fraction of sp³-hybridized carbons (Fsp3) is 0.500. The summed E-state index contributed by atoms with van der Waals surface area (Å²) >= 11 is 0. The van der Waals surface area contributed by atoms with E-state index in [0.29, 0.717) is 6.54 Å². The van der Waals surface area contributed by atoms with Crippen LogP contribution in [-0.4, -0.2) is 29.3 Å². The van der Waals surface area contributed by atoms with Gasteiger partial charge in [0.2, 0.25) is 11.8 Å². The van der Waals surface area contributed by atoms with Gasteiger partial charge in [-0.15, -0.1) is 0 Å². The van der Waals surface area contributed by atoms with E-state index in [-0.39, 0.29) is 30.3 Å². The Morgan fingerprint density at radius 3 is 2.65 bits per heavy atom. The number of rotatable bonds is 2. The van der Waals surface area contributed by atoms with Crippen LogP contribution in [0.15, 0.2) is 30.3 Å². The van der Waals surface area contributed by atoms with Gasteiger partial charge in [0, 0.05) is 12.6 Å². The van der Waals surface area contributed by atoms with Crippen LogP contribution < -0.4 is 5.32 Å². The summed E-state index contributed by atoms with van der Waals surface area (Å²) < 4.78 is 0. The number of hydrogen-bond acceptors (Lipinski definition) is 2. The lowest BCUT2D eigenvalue weighted by Crippen LogP contribution is -2.43. The van der Waals surface area contributed by atoms with E-state index in [2.05, 4.69) is 5.32 Å². The Morgan fingerprint density at radius 1 is 1.10 bits per heavy atom. The number of hydrogen-bond donors (Lipinski definition) is 1. The number of carbonyl (C=O) groups excluding carboxylic acids is 2. The van der Waals surface area contributed by atoms with Gasteiger partial charge in [-0.05, 0) is 18.4 Å². The van der Waals surface area contributed by atoms with Crippen LogP contribution in [0.2, 0.25) is 0 Å². The van der Waals surface area contributed by atoms with Gasteiger partial charge in [0.25, 0.3) is 0 Å². The minimum atomic E-state index is -0.0288. The van der Waals surface area contributed by atoms with E-state index in [1.807, 2.05) is 30.3 Å². The summed E-state index contributed by atoms with van der Waals surface area (Å²) in [5.41, 5.74) is 1.07. The maximum Gasteiger partial charge on any atom is 0.239 e. The summed E-state index contributed by atoms with van der Waals surface area (Å²) in [6.45, 7) is 0.705. The highest BCUT2D eigenvalue weighted by Crippen LogP contribution is 2.28. The lowest BCUT2D eigenvalue weighted by Gasteiger charge is -2.30. The van der Waals surface area contributed by atoms with Crippen molar-refractivity contribution in [3.63, 3.8) is 0 Å². The predicted molar refractivity (Wildman–Crippen MR) is 75.7 cm³/mol. The molecule has 1 saturated heterocycles. The summed E-state index contributed by atoms with van der Waals surface area (Å²) in [5.74, 6) is 0.0829. The SMILES string of the molecule is O=C1CN(Cc2ccccc2)C(=O)[C@@H]2CCCC[C@H]2N1. The smallest absolute Gasteiger partial charge is 0.239 e. The maximum atomic E-state index is 12.7. The fourth-order valence-electron chi connectivity index (χ4n) is 3.28. The standard InChI is InChI=1S/C16H20N2O2/c19-15-11-18(10-12-6-2-1-3-7-12)16(20)13-8-4-5-9-14(13)17-15/h1-3,6-7,13-14H,4-5,8-11H2,(H,17,19)/t13-,14-/m1/s1. The lowest BCUT2D eigenvalue weighted by atomic mass is 9.84. The van der Waals surface area contributed by atoms with Gasteiger partial charge in [-0.3, -0.25) is 9.59 Å². The van der Waals surface area contributed by atoms with Crippen LogP contribution in [0.5, 0.6) is 0 Å². The number of benzene rings is 1. The second-order valence-electron chi connectivity index (χ2n) is 5.74. The molecule has 2 aliphatic rings. The first-order valence-corrected chi connectivity index (χ1v) is 7.36. The molecule has 4 nitrogen and oxygen atoms in total. The third-order valence-electron chi connectivity index (χ3n) is 4.29. The topological polar surface area (TPSA) is 49.4 Å². The molecule has 20 heavy (non-hydrogen) atoms. The van der Waals surface area contributed by atoms with Crippen LogP contribution in [0.3, 0.4) is 0 Å². The Morgan fingerprint density at radius 2 is 1.85 bits per heavy atom. The highest BCUT2D eigenvalue weighted by atomic mass is 16.2. The van der Waals surface area contributed by atoms with Crippen molar-refractivity contribution in [3.8, 4) is 0 Å². The molecule has 0 spiro atoms. The first-order chi connectivity index (χ1) is 9.74. The molecule has 2 fully saturated rings. The van der Waals surface area contributed by atoms with Gasteiger partial charge >= 0.3 is 0 Å². The molecule has 1 N–H and O–H groups in total. The van der Waals surface area contributed by atoms with E-state index in [4.69, 9.17) is 0 Å². The summed E-state index contributed by atoms with van der Waals surface area (Å²) in [4.78, 5) is 26.4. The Kier molecular flexibility index (Phi) is 3.72. The third kappa shape index (κ3) is 2.69. The van der Waals surface area contributed by atoms with Crippen LogP contribution in [0.25, 0.3) is 0 Å². The zero-order valence-electron chi connectivity index (χ0n) is 11.5. The molecule has 1 saturated carbocycles. The van der Waals surface area contributed by atoms with E-state index in [9.17, 15) is 9.59 Å². The van der Waals surface area contributed by atoms with Crippen LogP contribution >= 0.6 is 0 Å². The van der Waals surface area contributed by atoms with Crippen LogP contribution in [0.4, 0.5) is 0 Å². The number of amides is 2. The van der Waals surface area contributed by atoms with Crippen molar-refractivity contribution in [2.24, 2.45) is 5.92 Å². The molecule has 1 aromatic rings. The van der Waals surface area contributed by atoms with E-state index in [0.717, 1.165) is 31.2 Å². The van der Waals surface area contributed by atoms with Gasteiger partial charge in [-0.1, -0.05) is 43.2 Å². The lowest BCUT2D eigenvalue weighted by molar-refractivity contribution is -0.138. The van der Waals surface area contributed by atoms with E-state index in [1.165, 1.54) is 0 Å². The quantitative estimate of drug-likeness (QED) is 0.891. The molecule has 0 unspecified atom stereocenters. The van der Waals surface area contributed by atoms with E-state index in [1.54, 1.807) is 4.90 Å². The van der Waals surface area contributed by atoms with Crippen LogP contribution in [0, 0.1) is 5.92 Å². The molecule has 1 aromatic carbocycles. The summed E-state index contributed by atoms with van der Waals surface area (Å²) in [5, 5.41) is 3.03. The molecule has 106 valence electrons. The molecule has 0 radical (unpaired) electrons. The monoisotopic (exact) mass is 272 g/mol. The normalized spacial score (nSPS) is 26.7. The minimum absolute atomic E-state index is 0.0244. The number of nitrogens with one attached hydrogen (secondary N) is 1. The van der Waals surface area contributed by atoms with Gasteiger partial charge in [-0.25, -0.2) is 0 Å². The number of fused-ring (bicyclic) bond motifs is 1. The van der Waals surface area contributed by atoms with Gasteiger partial charge in [0.15, 0.2) is 0 Å². The Bertz CT molecular complexity index is 500. The molecule has 1 aliphatic carbocycles. The summed E-state index contributed by atoms with van der Waals surface area (Å²) in [6.07, 6.45) is 4.02. The maximum absolute atomic E-state index is 12.7. The minimum Gasteiger partial charge on any atom is -0.351 e. The fourth-order valence-corrected chi connectivity index (χ4v) is 3.28. The summed E-state index contributed by atoms with van der Waals surface area (Å²) in [7, 11) is 0. The van der Waals surface area contributed by atoms with Crippen molar-refractivity contribution < 1.29 is 9.59 Å². The van der Waals surface area contributed by atoms with E-state index >= 15 is 0 Å². The molecule has 0 bridgehead atoms. The average Bonchev–Trinajstić information content (AvgIpc) is 2.58. The molecule has 2 amide bonds. The highest BCUT2D eigenvalue weighted by molar-refractivity contribution is 5.89. The van der Waals surface area contributed by atoms with Crippen molar-refractivity contribution >= 4 is 11.8 Å². The van der Waals surface area contributed by atoms with Crippen molar-refractivity contribution in [1.82, 2.24) is 10.2 Å². The van der Waals surface area contributed by atoms with Crippen LogP contribution in [0.1, 0.15) is 31.2 Å². The van der Waals surface area contributed by atoms with Crippen molar-refractivity contribution in [2.45, 2.75) is 38.3 Å². The second-order valence-corrected chi connectivity index (χ2v) is 5.74. The molecule has 0 aromatic heterocycles. The van der Waals surface area contributed by atoms with Gasteiger partial charge < -0.3 is 10.2 Å². The zero-order chi connectivity index (χ0) is 13.9. The van der Waals surface area contributed by atoms with Gasteiger partial charge in [0.1, 0.15) is 0 Å². The highest BCUT2D eigenvalue weighted by Gasteiger charge is 2.38. The van der Waals surface area contributed by atoms with Gasteiger partial charge in [0.05, 0.1) is 12.5 Å². The van der Waals surface area contributed by atoms with Crippen LogP contribution in [-0.2, 0) is 16.1 Å². The molecule has 1 aliphatic heterocycles. The first kappa shape index (κ1) is 13.2. The molecule has 2 atom stereocenters. The summed E-state index contributed by atoms with van der Waals surface area (Å²) in [6, 6.07) is 9.91. The van der Waals surface area contributed by atoms with Crippen molar-refractivity contribution in [1.29, 1.82) is 0 Å².